The summed E-state index contributed by atoms with van der Waals surface area (Å²) in [6.07, 6.45) is 3.52. The van der Waals surface area contributed by atoms with Crippen LogP contribution in [-0.2, 0) is 11.2 Å². The molecule has 0 saturated carbocycles. The molecule has 0 heterocycles. The maximum Gasteiger partial charge on any atom is 0.251 e. The van der Waals surface area contributed by atoms with Crippen molar-refractivity contribution in [2.75, 3.05) is 17.3 Å². The molecular formula is C20H24N2O2S. The standard InChI is InChI=1S/C20H24N2O2S/c1-3-15-9-11-17(12-10-15)21-20(24)18(13-14-25-2)22-19(23)16-7-5-4-6-8-16/h4-12,18H,3,13-14H2,1-2H3,(H,21,24)(H,22,23)/t18-/m1/s1. The number of thioether (sulfide) groups is 1. The lowest BCUT2D eigenvalue weighted by atomic mass is 10.1. The van der Waals surface area contributed by atoms with Crippen LogP contribution in [0.25, 0.3) is 0 Å². The maximum absolute atomic E-state index is 12.6. The van der Waals surface area contributed by atoms with Gasteiger partial charge in [0, 0.05) is 11.3 Å². The van der Waals surface area contributed by atoms with E-state index in [1.54, 1.807) is 36.0 Å². The van der Waals surface area contributed by atoms with Crippen LogP contribution in [0.15, 0.2) is 54.6 Å². The van der Waals surface area contributed by atoms with Gasteiger partial charge in [-0.15, -0.1) is 0 Å². The monoisotopic (exact) mass is 356 g/mol. The van der Waals surface area contributed by atoms with Crippen LogP contribution in [0.3, 0.4) is 0 Å². The molecule has 132 valence electrons. The van der Waals surface area contributed by atoms with Gasteiger partial charge in [0.25, 0.3) is 5.91 Å². The molecule has 0 aliphatic carbocycles. The van der Waals surface area contributed by atoms with Crippen LogP contribution >= 0.6 is 11.8 Å². The van der Waals surface area contributed by atoms with Gasteiger partial charge < -0.3 is 10.6 Å². The molecule has 2 amide bonds. The fourth-order valence-electron chi connectivity index (χ4n) is 2.39. The summed E-state index contributed by atoms with van der Waals surface area (Å²) >= 11 is 1.65. The topological polar surface area (TPSA) is 58.2 Å². The number of hydrogen-bond acceptors (Lipinski definition) is 3. The van der Waals surface area contributed by atoms with Gasteiger partial charge in [0.05, 0.1) is 0 Å². The Balaban J connectivity index is 2.04. The van der Waals surface area contributed by atoms with Crippen molar-refractivity contribution < 1.29 is 9.59 Å². The summed E-state index contributed by atoms with van der Waals surface area (Å²) in [7, 11) is 0. The normalized spacial score (nSPS) is 11.6. The van der Waals surface area contributed by atoms with Crippen molar-refractivity contribution in [2.45, 2.75) is 25.8 Å². The second kappa shape index (κ2) is 9.89. The van der Waals surface area contributed by atoms with Gasteiger partial charge in [-0.3, -0.25) is 9.59 Å². The molecule has 2 aromatic carbocycles. The third kappa shape index (κ3) is 5.94. The fourth-order valence-corrected chi connectivity index (χ4v) is 2.86. The summed E-state index contributed by atoms with van der Waals surface area (Å²) in [5, 5.41) is 5.74. The van der Waals surface area contributed by atoms with Gasteiger partial charge in [-0.2, -0.15) is 11.8 Å². The molecule has 2 aromatic rings. The maximum atomic E-state index is 12.6. The van der Waals surface area contributed by atoms with Gasteiger partial charge in [-0.25, -0.2) is 0 Å². The highest BCUT2D eigenvalue weighted by molar-refractivity contribution is 7.98. The molecule has 4 nitrogen and oxygen atoms in total. The Labute approximate surface area is 153 Å². The SMILES string of the molecule is CCc1ccc(NC(=O)[C@@H](CCSC)NC(=O)c2ccccc2)cc1. The highest BCUT2D eigenvalue weighted by Gasteiger charge is 2.21. The van der Waals surface area contributed by atoms with Gasteiger partial charge in [0.2, 0.25) is 5.91 Å². The molecular weight excluding hydrogens is 332 g/mol. The van der Waals surface area contributed by atoms with E-state index in [0.717, 1.165) is 17.9 Å². The number of rotatable bonds is 8. The minimum Gasteiger partial charge on any atom is -0.340 e. The average molecular weight is 356 g/mol. The summed E-state index contributed by atoms with van der Waals surface area (Å²) < 4.78 is 0. The number of benzene rings is 2. The molecule has 1 atom stereocenters. The van der Waals surface area contributed by atoms with Crippen LogP contribution < -0.4 is 10.6 Å². The van der Waals surface area contributed by atoms with Gasteiger partial charge >= 0.3 is 0 Å². The molecule has 0 aromatic heterocycles. The van der Waals surface area contributed by atoms with Crippen molar-refractivity contribution in [3.63, 3.8) is 0 Å². The Bertz CT molecular complexity index is 687. The van der Waals surface area contributed by atoms with Crippen LogP contribution in [0.1, 0.15) is 29.3 Å². The summed E-state index contributed by atoms with van der Waals surface area (Å²) in [5.74, 6) is 0.368. The van der Waals surface area contributed by atoms with Gasteiger partial charge in [0.15, 0.2) is 0 Å². The molecule has 0 fully saturated rings. The van der Waals surface area contributed by atoms with E-state index in [1.807, 2.05) is 36.6 Å². The number of hydrogen-bond donors (Lipinski definition) is 2. The van der Waals surface area contributed by atoms with E-state index < -0.39 is 6.04 Å². The number of amides is 2. The van der Waals surface area contributed by atoms with E-state index >= 15 is 0 Å². The third-order valence-corrected chi connectivity index (χ3v) is 4.54. The van der Waals surface area contributed by atoms with Crippen molar-refractivity contribution in [3.05, 3.63) is 65.7 Å². The Kier molecular flexibility index (Phi) is 7.54. The molecule has 2 N–H and O–H groups in total. The molecule has 2 rings (SSSR count). The van der Waals surface area contributed by atoms with Crippen molar-refractivity contribution in [2.24, 2.45) is 0 Å². The van der Waals surface area contributed by atoms with Crippen LogP contribution in [-0.4, -0.2) is 29.9 Å². The van der Waals surface area contributed by atoms with E-state index in [1.165, 1.54) is 5.56 Å². The zero-order chi connectivity index (χ0) is 18.1. The lowest BCUT2D eigenvalue weighted by molar-refractivity contribution is -0.118. The minimum absolute atomic E-state index is 0.192. The first-order chi connectivity index (χ1) is 12.1. The molecule has 5 heteroatoms. The zero-order valence-electron chi connectivity index (χ0n) is 14.6. The zero-order valence-corrected chi connectivity index (χ0v) is 15.4. The van der Waals surface area contributed by atoms with Gasteiger partial charge in [-0.1, -0.05) is 37.3 Å². The lowest BCUT2D eigenvalue weighted by Gasteiger charge is -2.18. The molecule has 0 unspecified atom stereocenters. The summed E-state index contributed by atoms with van der Waals surface area (Å²) in [4.78, 5) is 25.0. The molecule has 0 bridgehead atoms. The highest BCUT2D eigenvalue weighted by atomic mass is 32.2. The number of anilines is 1. The second-order valence-corrected chi connectivity index (χ2v) is 6.70. The fraction of sp³-hybridized carbons (Fsp3) is 0.300. The van der Waals surface area contributed by atoms with E-state index in [9.17, 15) is 9.59 Å². The van der Waals surface area contributed by atoms with Gasteiger partial charge in [0.1, 0.15) is 6.04 Å². The predicted molar refractivity (Wildman–Crippen MR) is 105 cm³/mol. The quantitative estimate of drug-likeness (QED) is 0.757. The first-order valence-corrected chi connectivity index (χ1v) is 9.78. The van der Waals surface area contributed by atoms with E-state index in [4.69, 9.17) is 0 Å². The smallest absolute Gasteiger partial charge is 0.251 e. The molecule has 0 aliphatic rings. The highest BCUT2D eigenvalue weighted by Crippen LogP contribution is 2.12. The molecule has 25 heavy (non-hydrogen) atoms. The largest absolute Gasteiger partial charge is 0.340 e. The van der Waals surface area contributed by atoms with Crippen molar-refractivity contribution in [3.8, 4) is 0 Å². The van der Waals surface area contributed by atoms with E-state index in [-0.39, 0.29) is 11.8 Å². The van der Waals surface area contributed by atoms with Crippen molar-refractivity contribution in [1.82, 2.24) is 5.32 Å². The first-order valence-electron chi connectivity index (χ1n) is 8.38. The van der Waals surface area contributed by atoms with Gasteiger partial charge in [-0.05, 0) is 54.7 Å². The van der Waals surface area contributed by atoms with E-state index in [2.05, 4.69) is 17.6 Å². The van der Waals surface area contributed by atoms with Crippen molar-refractivity contribution in [1.29, 1.82) is 0 Å². The van der Waals surface area contributed by atoms with E-state index in [0.29, 0.717) is 12.0 Å². The number of carbonyl (C=O) groups is 2. The number of aryl methyl sites for hydroxylation is 1. The summed E-state index contributed by atoms with van der Waals surface area (Å²) in [6.45, 7) is 2.09. The van der Waals surface area contributed by atoms with Crippen LogP contribution in [0.4, 0.5) is 5.69 Å². The molecule has 0 radical (unpaired) electrons. The molecule has 0 aliphatic heterocycles. The summed E-state index contributed by atoms with van der Waals surface area (Å²) in [5.41, 5.74) is 2.51. The molecule has 0 spiro atoms. The Morgan fingerprint density at radius 2 is 1.72 bits per heavy atom. The van der Waals surface area contributed by atoms with Crippen molar-refractivity contribution >= 4 is 29.3 Å². The first kappa shape index (κ1) is 19.1. The average Bonchev–Trinajstić information content (AvgIpc) is 2.66. The predicted octanol–water partition coefficient (Wildman–Crippen LogP) is 3.74. The lowest BCUT2D eigenvalue weighted by Crippen LogP contribution is -2.44. The Hall–Kier alpha value is -2.27. The number of carbonyl (C=O) groups excluding carboxylic acids is 2. The third-order valence-electron chi connectivity index (χ3n) is 3.90. The second-order valence-electron chi connectivity index (χ2n) is 5.71. The van der Waals surface area contributed by atoms with Crippen LogP contribution in [0.5, 0.6) is 0 Å². The van der Waals surface area contributed by atoms with Crippen LogP contribution in [0.2, 0.25) is 0 Å². The minimum atomic E-state index is -0.564. The summed E-state index contributed by atoms with van der Waals surface area (Å²) in [6, 6.07) is 16.2. The molecule has 0 saturated heterocycles. The van der Waals surface area contributed by atoms with Crippen LogP contribution in [0, 0.1) is 0 Å². The Morgan fingerprint density at radius 1 is 1.04 bits per heavy atom. The Morgan fingerprint density at radius 3 is 2.32 bits per heavy atom. The number of nitrogens with one attached hydrogen (secondary N) is 2.